The van der Waals surface area contributed by atoms with Gasteiger partial charge in [-0.05, 0) is 43.3 Å². The van der Waals surface area contributed by atoms with Crippen LogP contribution < -0.4 is 0 Å². The Kier molecular flexibility index (Phi) is 4.70. The number of carbonyl (C=O) groups is 1. The smallest absolute Gasteiger partial charge is 0.335 e. The van der Waals surface area contributed by atoms with Gasteiger partial charge in [-0.3, -0.25) is 4.90 Å². The summed E-state index contributed by atoms with van der Waals surface area (Å²) in [6.07, 6.45) is 0. The SMILES string of the molecule is Cc1ccccc1CN(C)Cc1cc(C(=O)O)ccc1F. The van der Waals surface area contributed by atoms with Crippen molar-refractivity contribution in [1.82, 2.24) is 4.90 Å². The summed E-state index contributed by atoms with van der Waals surface area (Å²) in [5.41, 5.74) is 2.86. The molecule has 0 bridgehead atoms. The van der Waals surface area contributed by atoms with E-state index in [-0.39, 0.29) is 11.4 Å². The minimum Gasteiger partial charge on any atom is -0.478 e. The quantitative estimate of drug-likeness (QED) is 0.915. The van der Waals surface area contributed by atoms with Gasteiger partial charge in [0.2, 0.25) is 0 Å². The van der Waals surface area contributed by atoms with Crippen molar-refractivity contribution in [2.45, 2.75) is 20.0 Å². The molecule has 4 heteroatoms. The van der Waals surface area contributed by atoms with Gasteiger partial charge in [-0.1, -0.05) is 24.3 Å². The van der Waals surface area contributed by atoms with Crippen LogP contribution in [0.1, 0.15) is 27.0 Å². The summed E-state index contributed by atoms with van der Waals surface area (Å²) >= 11 is 0. The highest BCUT2D eigenvalue weighted by molar-refractivity contribution is 5.87. The van der Waals surface area contributed by atoms with E-state index in [9.17, 15) is 9.18 Å². The van der Waals surface area contributed by atoms with E-state index in [0.29, 0.717) is 18.7 Å². The first-order chi connectivity index (χ1) is 9.97. The first-order valence-electron chi connectivity index (χ1n) is 6.72. The summed E-state index contributed by atoms with van der Waals surface area (Å²) in [7, 11) is 1.89. The van der Waals surface area contributed by atoms with Crippen LogP contribution in [0.2, 0.25) is 0 Å². The zero-order valence-corrected chi connectivity index (χ0v) is 12.1. The van der Waals surface area contributed by atoms with Crippen LogP contribution in [0.15, 0.2) is 42.5 Å². The van der Waals surface area contributed by atoms with Crippen LogP contribution in [-0.2, 0) is 13.1 Å². The second-order valence-corrected chi connectivity index (χ2v) is 5.21. The van der Waals surface area contributed by atoms with E-state index in [0.717, 1.165) is 0 Å². The summed E-state index contributed by atoms with van der Waals surface area (Å²) in [6, 6.07) is 11.9. The second kappa shape index (κ2) is 6.50. The molecule has 0 fully saturated rings. The third kappa shape index (κ3) is 3.89. The predicted octanol–water partition coefficient (Wildman–Crippen LogP) is 3.46. The van der Waals surface area contributed by atoms with Crippen LogP contribution >= 0.6 is 0 Å². The summed E-state index contributed by atoms with van der Waals surface area (Å²) in [6.45, 7) is 3.08. The first kappa shape index (κ1) is 15.2. The minimum atomic E-state index is -1.04. The molecule has 0 amide bonds. The Morgan fingerprint density at radius 2 is 1.81 bits per heavy atom. The van der Waals surface area contributed by atoms with E-state index in [1.165, 1.54) is 29.3 Å². The molecule has 0 aliphatic heterocycles. The van der Waals surface area contributed by atoms with Crippen molar-refractivity contribution in [1.29, 1.82) is 0 Å². The topological polar surface area (TPSA) is 40.5 Å². The van der Waals surface area contributed by atoms with Crippen LogP contribution in [-0.4, -0.2) is 23.0 Å². The number of hydrogen-bond acceptors (Lipinski definition) is 2. The van der Waals surface area contributed by atoms with Gasteiger partial charge in [0.05, 0.1) is 5.56 Å². The standard InChI is InChI=1S/C17H18FNO2/c1-12-5-3-4-6-14(12)10-19(2)11-15-9-13(17(20)21)7-8-16(15)18/h3-9H,10-11H2,1-2H3,(H,20,21). The largest absolute Gasteiger partial charge is 0.478 e. The molecule has 21 heavy (non-hydrogen) atoms. The van der Waals surface area contributed by atoms with Crippen LogP contribution in [0.5, 0.6) is 0 Å². The number of carboxylic acids is 1. The first-order valence-corrected chi connectivity index (χ1v) is 6.72. The molecule has 0 spiro atoms. The Morgan fingerprint density at radius 3 is 2.48 bits per heavy atom. The predicted molar refractivity (Wildman–Crippen MR) is 79.7 cm³/mol. The Labute approximate surface area is 123 Å². The summed E-state index contributed by atoms with van der Waals surface area (Å²) in [4.78, 5) is 12.9. The van der Waals surface area contributed by atoms with Gasteiger partial charge in [0.1, 0.15) is 5.82 Å². The van der Waals surface area contributed by atoms with Crippen molar-refractivity contribution in [3.63, 3.8) is 0 Å². The Bertz CT molecular complexity index is 655. The number of halogens is 1. The van der Waals surface area contributed by atoms with Crippen molar-refractivity contribution in [2.75, 3.05) is 7.05 Å². The fourth-order valence-electron chi connectivity index (χ4n) is 2.25. The van der Waals surface area contributed by atoms with Crippen molar-refractivity contribution in [2.24, 2.45) is 0 Å². The normalized spacial score (nSPS) is 10.9. The van der Waals surface area contributed by atoms with E-state index in [4.69, 9.17) is 5.11 Å². The van der Waals surface area contributed by atoms with E-state index in [2.05, 4.69) is 0 Å². The van der Waals surface area contributed by atoms with E-state index in [1.807, 2.05) is 43.1 Å². The maximum absolute atomic E-state index is 13.8. The Balaban J connectivity index is 2.12. The fourth-order valence-corrected chi connectivity index (χ4v) is 2.25. The molecule has 0 aromatic heterocycles. The number of aryl methyl sites for hydroxylation is 1. The number of rotatable bonds is 5. The summed E-state index contributed by atoms with van der Waals surface area (Å²) < 4.78 is 13.8. The number of nitrogens with zero attached hydrogens (tertiary/aromatic N) is 1. The van der Waals surface area contributed by atoms with Crippen LogP contribution in [0.4, 0.5) is 4.39 Å². The van der Waals surface area contributed by atoms with Crippen LogP contribution in [0.3, 0.4) is 0 Å². The molecule has 110 valence electrons. The monoisotopic (exact) mass is 287 g/mol. The van der Waals surface area contributed by atoms with E-state index in [1.54, 1.807) is 0 Å². The molecule has 0 saturated heterocycles. The minimum absolute atomic E-state index is 0.107. The third-order valence-corrected chi connectivity index (χ3v) is 3.43. The number of aromatic carboxylic acids is 1. The molecular formula is C17H18FNO2. The number of carboxylic acid groups (broad SMARTS) is 1. The molecule has 2 aromatic carbocycles. The highest BCUT2D eigenvalue weighted by atomic mass is 19.1. The average Bonchev–Trinajstić information content (AvgIpc) is 2.43. The lowest BCUT2D eigenvalue weighted by Gasteiger charge is -2.18. The lowest BCUT2D eigenvalue weighted by molar-refractivity contribution is 0.0696. The molecule has 0 radical (unpaired) electrons. The fraction of sp³-hybridized carbons (Fsp3) is 0.235. The number of hydrogen-bond donors (Lipinski definition) is 1. The average molecular weight is 287 g/mol. The molecule has 0 aliphatic carbocycles. The van der Waals surface area contributed by atoms with Crippen molar-refractivity contribution >= 4 is 5.97 Å². The molecular weight excluding hydrogens is 269 g/mol. The number of benzene rings is 2. The molecule has 2 rings (SSSR count). The van der Waals surface area contributed by atoms with E-state index >= 15 is 0 Å². The third-order valence-electron chi connectivity index (χ3n) is 3.43. The van der Waals surface area contributed by atoms with Gasteiger partial charge in [0.15, 0.2) is 0 Å². The van der Waals surface area contributed by atoms with Crippen LogP contribution in [0.25, 0.3) is 0 Å². The van der Waals surface area contributed by atoms with Crippen molar-refractivity contribution in [3.8, 4) is 0 Å². The second-order valence-electron chi connectivity index (χ2n) is 5.21. The molecule has 0 atom stereocenters. The Morgan fingerprint density at radius 1 is 1.14 bits per heavy atom. The van der Waals surface area contributed by atoms with E-state index < -0.39 is 5.97 Å². The maximum atomic E-state index is 13.8. The molecule has 2 aromatic rings. The van der Waals surface area contributed by atoms with Crippen molar-refractivity contribution in [3.05, 3.63) is 70.5 Å². The molecule has 0 unspecified atom stereocenters. The zero-order valence-electron chi connectivity index (χ0n) is 12.1. The highest BCUT2D eigenvalue weighted by Gasteiger charge is 2.11. The molecule has 1 N–H and O–H groups in total. The van der Waals surface area contributed by atoms with Gasteiger partial charge >= 0.3 is 5.97 Å². The lowest BCUT2D eigenvalue weighted by Crippen LogP contribution is -2.19. The summed E-state index contributed by atoms with van der Waals surface area (Å²) in [5.74, 6) is -1.42. The van der Waals surface area contributed by atoms with Gasteiger partial charge in [0, 0.05) is 18.7 Å². The van der Waals surface area contributed by atoms with Gasteiger partial charge in [-0.15, -0.1) is 0 Å². The van der Waals surface area contributed by atoms with Crippen molar-refractivity contribution < 1.29 is 14.3 Å². The summed E-state index contributed by atoms with van der Waals surface area (Å²) in [5, 5.41) is 8.97. The molecule has 0 heterocycles. The van der Waals surface area contributed by atoms with Gasteiger partial charge < -0.3 is 5.11 Å². The van der Waals surface area contributed by atoms with Gasteiger partial charge in [-0.25, -0.2) is 9.18 Å². The van der Waals surface area contributed by atoms with Gasteiger partial charge in [-0.2, -0.15) is 0 Å². The Hall–Kier alpha value is -2.20. The maximum Gasteiger partial charge on any atom is 0.335 e. The highest BCUT2D eigenvalue weighted by Crippen LogP contribution is 2.15. The van der Waals surface area contributed by atoms with Crippen LogP contribution in [0, 0.1) is 12.7 Å². The zero-order chi connectivity index (χ0) is 15.4. The molecule has 0 aliphatic rings. The lowest BCUT2D eigenvalue weighted by atomic mass is 10.1. The molecule has 0 saturated carbocycles. The van der Waals surface area contributed by atoms with Gasteiger partial charge in [0.25, 0.3) is 0 Å². The molecule has 3 nitrogen and oxygen atoms in total.